The molecule has 0 aliphatic carbocycles. The first-order valence-electron chi connectivity index (χ1n) is 7.04. The SMILES string of the molecule is COc1ccc2c(c1OC)C(=O)OC2c1c(O)ccc(Br)c1OC. The first kappa shape index (κ1) is 16.4. The number of esters is 1. The van der Waals surface area contributed by atoms with Gasteiger partial charge >= 0.3 is 5.97 Å². The Kier molecular flexibility index (Phi) is 4.28. The van der Waals surface area contributed by atoms with Crippen LogP contribution in [-0.2, 0) is 4.74 Å². The topological polar surface area (TPSA) is 74.2 Å². The monoisotopic (exact) mass is 394 g/mol. The van der Waals surface area contributed by atoms with E-state index < -0.39 is 12.1 Å². The van der Waals surface area contributed by atoms with Crippen LogP contribution in [0.1, 0.15) is 27.6 Å². The maximum absolute atomic E-state index is 12.4. The van der Waals surface area contributed by atoms with Gasteiger partial charge in [0, 0.05) is 5.56 Å². The normalized spacial score (nSPS) is 15.7. The van der Waals surface area contributed by atoms with Gasteiger partial charge in [-0.2, -0.15) is 0 Å². The molecule has 1 N–H and O–H groups in total. The lowest BCUT2D eigenvalue weighted by Gasteiger charge is -2.18. The number of carbonyl (C=O) groups is 1. The van der Waals surface area contributed by atoms with Crippen LogP contribution in [0.15, 0.2) is 28.7 Å². The molecule has 24 heavy (non-hydrogen) atoms. The highest BCUT2D eigenvalue weighted by atomic mass is 79.9. The van der Waals surface area contributed by atoms with Crippen LogP contribution in [0.5, 0.6) is 23.0 Å². The van der Waals surface area contributed by atoms with E-state index in [2.05, 4.69) is 15.9 Å². The van der Waals surface area contributed by atoms with Crippen LogP contribution in [0.4, 0.5) is 0 Å². The number of hydrogen-bond acceptors (Lipinski definition) is 6. The average Bonchev–Trinajstić information content (AvgIpc) is 2.92. The molecule has 0 bridgehead atoms. The number of benzene rings is 2. The number of methoxy groups -OCH3 is 3. The number of cyclic esters (lactones) is 1. The number of phenols is 1. The predicted molar refractivity (Wildman–Crippen MR) is 89.2 cm³/mol. The predicted octanol–water partition coefficient (Wildman–Crippen LogP) is 3.44. The summed E-state index contributed by atoms with van der Waals surface area (Å²) in [6, 6.07) is 6.57. The molecule has 1 heterocycles. The third-order valence-corrected chi connectivity index (χ3v) is 4.51. The molecular weight excluding hydrogens is 380 g/mol. The second kappa shape index (κ2) is 6.24. The molecule has 126 valence electrons. The molecule has 3 rings (SSSR count). The fourth-order valence-corrected chi connectivity index (χ4v) is 3.35. The molecule has 1 aliphatic rings. The van der Waals surface area contributed by atoms with Gasteiger partial charge in [-0.05, 0) is 34.1 Å². The van der Waals surface area contributed by atoms with Gasteiger partial charge in [0.1, 0.15) is 17.1 Å². The van der Waals surface area contributed by atoms with Gasteiger partial charge in [-0.3, -0.25) is 0 Å². The summed E-state index contributed by atoms with van der Waals surface area (Å²) in [5, 5.41) is 10.3. The highest BCUT2D eigenvalue weighted by Gasteiger charge is 2.39. The molecule has 0 saturated carbocycles. The van der Waals surface area contributed by atoms with E-state index in [4.69, 9.17) is 18.9 Å². The van der Waals surface area contributed by atoms with E-state index >= 15 is 0 Å². The molecule has 0 spiro atoms. The number of halogens is 1. The smallest absolute Gasteiger partial charge is 0.343 e. The maximum atomic E-state index is 12.4. The summed E-state index contributed by atoms with van der Waals surface area (Å²) in [4.78, 5) is 12.4. The van der Waals surface area contributed by atoms with E-state index in [9.17, 15) is 9.90 Å². The van der Waals surface area contributed by atoms with Crippen molar-refractivity contribution < 1.29 is 28.8 Å². The number of rotatable bonds is 4. The van der Waals surface area contributed by atoms with Gasteiger partial charge in [-0.1, -0.05) is 6.07 Å². The molecule has 6 nitrogen and oxygen atoms in total. The molecule has 0 fully saturated rings. The fourth-order valence-electron chi connectivity index (χ4n) is 2.84. The summed E-state index contributed by atoms with van der Waals surface area (Å²) in [6.45, 7) is 0. The van der Waals surface area contributed by atoms with Crippen molar-refractivity contribution in [3.05, 3.63) is 45.4 Å². The van der Waals surface area contributed by atoms with Gasteiger partial charge in [0.25, 0.3) is 0 Å². The van der Waals surface area contributed by atoms with Crippen LogP contribution in [0.3, 0.4) is 0 Å². The lowest BCUT2D eigenvalue weighted by atomic mass is 9.97. The molecule has 1 unspecified atom stereocenters. The van der Waals surface area contributed by atoms with Crippen molar-refractivity contribution in [3.8, 4) is 23.0 Å². The number of phenolic OH excluding ortho intramolecular Hbond substituents is 1. The van der Waals surface area contributed by atoms with Crippen LogP contribution in [0.2, 0.25) is 0 Å². The Morgan fingerprint density at radius 2 is 1.75 bits per heavy atom. The zero-order chi connectivity index (χ0) is 17.4. The third kappa shape index (κ3) is 2.36. The lowest BCUT2D eigenvalue weighted by molar-refractivity contribution is 0.0447. The van der Waals surface area contributed by atoms with Crippen LogP contribution >= 0.6 is 15.9 Å². The van der Waals surface area contributed by atoms with Gasteiger partial charge in [0.2, 0.25) is 0 Å². The summed E-state index contributed by atoms with van der Waals surface area (Å²) in [6.07, 6.45) is -0.806. The summed E-state index contributed by atoms with van der Waals surface area (Å²) in [5.74, 6) is 0.549. The van der Waals surface area contributed by atoms with E-state index in [-0.39, 0.29) is 11.3 Å². The van der Waals surface area contributed by atoms with Gasteiger partial charge in [-0.25, -0.2) is 4.79 Å². The minimum atomic E-state index is -0.806. The molecule has 2 aromatic carbocycles. The van der Waals surface area contributed by atoms with Crippen molar-refractivity contribution in [1.29, 1.82) is 0 Å². The largest absolute Gasteiger partial charge is 0.507 e. The van der Waals surface area contributed by atoms with Gasteiger partial charge in [-0.15, -0.1) is 0 Å². The first-order chi connectivity index (χ1) is 11.5. The first-order valence-corrected chi connectivity index (χ1v) is 7.84. The van der Waals surface area contributed by atoms with Crippen molar-refractivity contribution in [3.63, 3.8) is 0 Å². The second-order valence-electron chi connectivity index (χ2n) is 5.06. The van der Waals surface area contributed by atoms with Gasteiger partial charge in [0.05, 0.1) is 31.4 Å². The standard InChI is InChI=1S/C17H15BrO6/c1-21-11-7-4-8-12(16(11)23-3)17(20)24-14(8)13-10(19)6-5-9(18)15(13)22-2/h4-7,14,19H,1-3H3. The van der Waals surface area contributed by atoms with Gasteiger partial charge < -0.3 is 24.1 Å². The van der Waals surface area contributed by atoms with E-state index in [1.54, 1.807) is 18.2 Å². The minimum absolute atomic E-state index is 0.0320. The Morgan fingerprint density at radius 1 is 1.04 bits per heavy atom. The highest BCUT2D eigenvalue weighted by Crippen LogP contribution is 2.49. The molecule has 0 saturated heterocycles. The summed E-state index contributed by atoms with van der Waals surface area (Å²) in [5.41, 5.74) is 1.22. The van der Waals surface area contributed by atoms with Crippen molar-refractivity contribution in [2.45, 2.75) is 6.10 Å². The van der Waals surface area contributed by atoms with Crippen molar-refractivity contribution >= 4 is 21.9 Å². The zero-order valence-electron chi connectivity index (χ0n) is 13.3. The minimum Gasteiger partial charge on any atom is -0.507 e. The quantitative estimate of drug-likeness (QED) is 0.800. The van der Waals surface area contributed by atoms with Crippen molar-refractivity contribution in [2.75, 3.05) is 21.3 Å². The summed E-state index contributed by atoms with van der Waals surface area (Å²) >= 11 is 3.37. The molecular formula is C17H15BrO6. The lowest BCUT2D eigenvalue weighted by Crippen LogP contribution is -2.04. The van der Waals surface area contributed by atoms with E-state index in [0.29, 0.717) is 32.8 Å². The fraction of sp³-hybridized carbons (Fsp3) is 0.235. The van der Waals surface area contributed by atoms with E-state index in [1.807, 2.05) is 0 Å². The number of fused-ring (bicyclic) bond motifs is 1. The number of hydrogen-bond donors (Lipinski definition) is 1. The molecule has 0 amide bonds. The van der Waals surface area contributed by atoms with Crippen LogP contribution in [-0.4, -0.2) is 32.4 Å². The third-order valence-electron chi connectivity index (χ3n) is 3.88. The van der Waals surface area contributed by atoms with Crippen LogP contribution in [0.25, 0.3) is 0 Å². The van der Waals surface area contributed by atoms with Crippen molar-refractivity contribution in [2.24, 2.45) is 0 Å². The summed E-state index contributed by atoms with van der Waals surface area (Å²) in [7, 11) is 4.43. The second-order valence-corrected chi connectivity index (χ2v) is 5.92. The maximum Gasteiger partial charge on any atom is 0.343 e. The van der Waals surface area contributed by atoms with Crippen molar-refractivity contribution in [1.82, 2.24) is 0 Å². The van der Waals surface area contributed by atoms with Crippen LogP contribution in [0, 0.1) is 0 Å². The molecule has 0 aromatic heterocycles. The Balaban J connectivity index is 2.24. The molecule has 2 aromatic rings. The average molecular weight is 395 g/mol. The zero-order valence-corrected chi connectivity index (χ0v) is 14.8. The molecule has 0 radical (unpaired) electrons. The highest BCUT2D eigenvalue weighted by molar-refractivity contribution is 9.10. The Bertz CT molecular complexity index is 817. The number of carbonyl (C=O) groups excluding carboxylic acids is 1. The molecule has 1 atom stereocenters. The number of aromatic hydroxyl groups is 1. The molecule has 7 heteroatoms. The Morgan fingerprint density at radius 3 is 2.38 bits per heavy atom. The molecule has 1 aliphatic heterocycles. The summed E-state index contributed by atoms with van der Waals surface area (Å²) < 4.78 is 22.1. The number of ether oxygens (including phenoxy) is 4. The van der Waals surface area contributed by atoms with E-state index in [1.165, 1.54) is 27.4 Å². The van der Waals surface area contributed by atoms with E-state index in [0.717, 1.165) is 0 Å². The van der Waals surface area contributed by atoms with Gasteiger partial charge in [0.15, 0.2) is 17.6 Å². The van der Waals surface area contributed by atoms with Crippen LogP contribution < -0.4 is 14.2 Å². The Hall–Kier alpha value is -2.41. The Labute approximate surface area is 147 Å².